The summed E-state index contributed by atoms with van der Waals surface area (Å²) in [6.45, 7) is 4.22. The van der Waals surface area contributed by atoms with Crippen molar-refractivity contribution in [1.29, 1.82) is 0 Å². The van der Waals surface area contributed by atoms with E-state index < -0.39 is 12.1 Å². The van der Waals surface area contributed by atoms with Gasteiger partial charge in [0.05, 0.1) is 12.5 Å². The van der Waals surface area contributed by atoms with Gasteiger partial charge in [0.15, 0.2) is 0 Å². The van der Waals surface area contributed by atoms with Crippen LogP contribution in [0.15, 0.2) is 23.4 Å². The topological polar surface area (TPSA) is 46.6 Å². The van der Waals surface area contributed by atoms with Gasteiger partial charge in [0.2, 0.25) is 5.91 Å². The van der Waals surface area contributed by atoms with Gasteiger partial charge in [0.25, 0.3) is 0 Å². The molecule has 0 aromatic heterocycles. The molecule has 0 N–H and O–H groups in total. The van der Waals surface area contributed by atoms with E-state index in [0.29, 0.717) is 18.4 Å². The quantitative estimate of drug-likeness (QED) is 0.577. The largest absolute Gasteiger partial charge is 0.384 e. The standard InChI is InChI=1S/C18H26FNO3/c1-11(2)17-14(9-21)16(12-5-7-13(19)8-6-12)15(10-23-4)18(22)20(17)3/h5,7,9,11-13,15-16H,6,8,10H2,1-4H3. The average Bonchev–Trinajstić information content (AvgIpc) is 2.52. The van der Waals surface area contributed by atoms with Crippen LogP contribution < -0.4 is 0 Å². The van der Waals surface area contributed by atoms with Crippen LogP contribution >= 0.6 is 0 Å². The molecular formula is C18H26FNO3. The van der Waals surface area contributed by atoms with Gasteiger partial charge in [-0.2, -0.15) is 0 Å². The predicted octanol–water partition coefficient (Wildman–Crippen LogP) is 2.75. The molecule has 1 amide bonds. The second-order valence-corrected chi connectivity index (χ2v) is 6.74. The molecule has 1 aliphatic carbocycles. The average molecular weight is 323 g/mol. The molecule has 23 heavy (non-hydrogen) atoms. The molecule has 5 heteroatoms. The van der Waals surface area contributed by atoms with E-state index in [4.69, 9.17) is 4.74 Å². The highest BCUT2D eigenvalue weighted by Crippen LogP contribution is 2.42. The minimum Gasteiger partial charge on any atom is -0.384 e. The smallest absolute Gasteiger partial charge is 0.232 e. The van der Waals surface area contributed by atoms with Crippen molar-refractivity contribution in [2.45, 2.75) is 32.9 Å². The highest BCUT2D eigenvalue weighted by molar-refractivity contribution is 5.88. The van der Waals surface area contributed by atoms with Gasteiger partial charge in [-0.3, -0.25) is 9.59 Å². The molecular weight excluding hydrogens is 297 g/mol. The van der Waals surface area contributed by atoms with Crippen molar-refractivity contribution in [3.63, 3.8) is 0 Å². The summed E-state index contributed by atoms with van der Waals surface area (Å²) in [7, 11) is 3.27. The van der Waals surface area contributed by atoms with Crippen LogP contribution in [0.25, 0.3) is 0 Å². The normalized spacial score (nSPS) is 31.9. The maximum atomic E-state index is 13.4. The molecule has 0 saturated heterocycles. The zero-order chi connectivity index (χ0) is 17.1. The number of hydrogen-bond acceptors (Lipinski definition) is 3. The van der Waals surface area contributed by atoms with Crippen LogP contribution in [0.1, 0.15) is 26.7 Å². The molecule has 1 heterocycles. The van der Waals surface area contributed by atoms with Crippen molar-refractivity contribution >= 4 is 12.2 Å². The second-order valence-electron chi connectivity index (χ2n) is 6.74. The Hall–Kier alpha value is -1.49. The third-order valence-electron chi connectivity index (χ3n) is 4.92. The first-order valence-electron chi connectivity index (χ1n) is 8.20. The summed E-state index contributed by atoms with van der Waals surface area (Å²) in [6, 6.07) is 0. The molecule has 0 spiro atoms. The van der Waals surface area contributed by atoms with E-state index in [1.54, 1.807) is 25.1 Å². The Morgan fingerprint density at radius 2 is 2.09 bits per heavy atom. The first-order chi connectivity index (χ1) is 10.9. The molecule has 0 bridgehead atoms. The Labute approximate surface area is 137 Å². The van der Waals surface area contributed by atoms with E-state index in [-0.39, 0.29) is 30.3 Å². The van der Waals surface area contributed by atoms with Gasteiger partial charge >= 0.3 is 0 Å². The molecule has 1 aliphatic heterocycles. The minimum atomic E-state index is -0.928. The van der Waals surface area contributed by atoms with Crippen LogP contribution in [-0.4, -0.2) is 44.0 Å². The number of hydrogen-bond donors (Lipinski definition) is 0. The van der Waals surface area contributed by atoms with Crippen LogP contribution in [-0.2, 0) is 14.3 Å². The van der Waals surface area contributed by atoms with Crippen molar-refractivity contribution in [2.24, 2.45) is 23.7 Å². The number of aldehydes is 1. The number of carbonyl (C=O) groups is 2. The fourth-order valence-electron chi connectivity index (χ4n) is 3.95. The van der Waals surface area contributed by atoms with Gasteiger partial charge in [-0.25, -0.2) is 4.39 Å². The number of ether oxygens (including phenoxy) is 1. The van der Waals surface area contributed by atoms with E-state index >= 15 is 0 Å². The molecule has 0 saturated carbocycles. The molecule has 0 aromatic rings. The molecule has 2 rings (SSSR count). The van der Waals surface area contributed by atoms with E-state index in [0.717, 1.165) is 12.0 Å². The number of allylic oxidation sites excluding steroid dienone is 4. The number of nitrogens with zero attached hydrogens (tertiary/aromatic N) is 1. The summed E-state index contributed by atoms with van der Waals surface area (Å²) in [6.07, 6.45) is 4.41. The van der Waals surface area contributed by atoms with Crippen molar-refractivity contribution in [1.82, 2.24) is 4.90 Å². The molecule has 4 atom stereocenters. The van der Waals surface area contributed by atoms with E-state index in [2.05, 4.69) is 0 Å². The third kappa shape index (κ3) is 3.39. The molecule has 0 aromatic carbocycles. The summed E-state index contributed by atoms with van der Waals surface area (Å²) in [5, 5.41) is 0. The lowest BCUT2D eigenvalue weighted by Crippen LogP contribution is -2.48. The van der Waals surface area contributed by atoms with Gasteiger partial charge in [0.1, 0.15) is 12.5 Å². The number of alkyl halides is 1. The van der Waals surface area contributed by atoms with Gasteiger partial charge in [0, 0.05) is 31.3 Å². The summed E-state index contributed by atoms with van der Waals surface area (Å²) in [5.74, 6) is -0.608. The fourth-order valence-corrected chi connectivity index (χ4v) is 3.95. The highest BCUT2D eigenvalue weighted by atomic mass is 19.1. The van der Waals surface area contributed by atoms with E-state index in [1.807, 2.05) is 19.9 Å². The summed E-state index contributed by atoms with van der Waals surface area (Å²) >= 11 is 0. The summed E-state index contributed by atoms with van der Waals surface area (Å²) in [4.78, 5) is 26.3. The molecule has 0 fully saturated rings. The van der Waals surface area contributed by atoms with Crippen LogP contribution in [0.5, 0.6) is 0 Å². The lowest BCUT2D eigenvalue weighted by Gasteiger charge is -2.42. The van der Waals surface area contributed by atoms with E-state index in [1.165, 1.54) is 0 Å². The van der Waals surface area contributed by atoms with E-state index in [9.17, 15) is 14.0 Å². The van der Waals surface area contributed by atoms with Gasteiger partial charge < -0.3 is 9.64 Å². The Balaban J connectivity index is 2.52. The Morgan fingerprint density at radius 1 is 1.39 bits per heavy atom. The zero-order valence-electron chi connectivity index (χ0n) is 14.3. The second kappa shape index (κ2) is 7.39. The van der Waals surface area contributed by atoms with Crippen LogP contribution in [0.2, 0.25) is 0 Å². The van der Waals surface area contributed by atoms with Crippen molar-refractivity contribution in [3.05, 3.63) is 23.4 Å². The number of rotatable bonds is 5. The molecule has 0 radical (unpaired) electrons. The SMILES string of the molecule is COCC1C(=O)N(C)C(C(C)C)=C(C=O)C1C1C=CC(F)CC1. The van der Waals surface area contributed by atoms with Crippen molar-refractivity contribution in [2.75, 3.05) is 20.8 Å². The minimum absolute atomic E-state index is 0.00579. The first kappa shape index (κ1) is 17.9. The van der Waals surface area contributed by atoms with Crippen LogP contribution in [0.3, 0.4) is 0 Å². The van der Waals surface area contributed by atoms with Crippen molar-refractivity contribution < 1.29 is 18.7 Å². The zero-order valence-corrected chi connectivity index (χ0v) is 14.3. The van der Waals surface area contributed by atoms with Gasteiger partial charge in [-0.05, 0) is 24.7 Å². The lowest BCUT2D eigenvalue weighted by molar-refractivity contribution is -0.138. The van der Waals surface area contributed by atoms with Crippen LogP contribution in [0, 0.1) is 23.7 Å². The Kier molecular flexibility index (Phi) is 5.74. The van der Waals surface area contributed by atoms with Crippen molar-refractivity contribution in [3.8, 4) is 0 Å². The Bertz CT molecular complexity index is 526. The molecule has 4 nitrogen and oxygen atoms in total. The van der Waals surface area contributed by atoms with Gasteiger partial charge in [-0.15, -0.1) is 0 Å². The summed E-state index contributed by atoms with van der Waals surface area (Å²) in [5.41, 5.74) is 1.44. The van der Waals surface area contributed by atoms with Crippen LogP contribution in [0.4, 0.5) is 4.39 Å². The number of methoxy groups -OCH3 is 1. The highest BCUT2D eigenvalue weighted by Gasteiger charge is 2.44. The molecule has 128 valence electrons. The number of halogens is 1. The Morgan fingerprint density at radius 3 is 2.57 bits per heavy atom. The molecule has 4 unspecified atom stereocenters. The summed E-state index contributed by atoms with van der Waals surface area (Å²) < 4.78 is 18.7. The number of carbonyl (C=O) groups excluding carboxylic acids is 2. The molecule has 2 aliphatic rings. The number of amides is 1. The first-order valence-corrected chi connectivity index (χ1v) is 8.20. The third-order valence-corrected chi connectivity index (χ3v) is 4.92. The fraction of sp³-hybridized carbons (Fsp3) is 0.667. The predicted molar refractivity (Wildman–Crippen MR) is 86.3 cm³/mol. The monoisotopic (exact) mass is 323 g/mol. The van der Waals surface area contributed by atoms with Gasteiger partial charge in [-0.1, -0.05) is 26.0 Å². The maximum Gasteiger partial charge on any atom is 0.232 e. The lowest BCUT2D eigenvalue weighted by atomic mass is 9.69. The maximum absolute atomic E-state index is 13.4.